The van der Waals surface area contributed by atoms with E-state index < -0.39 is 11.0 Å². The van der Waals surface area contributed by atoms with Crippen LogP contribution in [0.15, 0.2) is 65.3 Å². The van der Waals surface area contributed by atoms with Crippen LogP contribution >= 0.6 is 0 Å². The predicted molar refractivity (Wildman–Crippen MR) is 147 cm³/mol. The fraction of sp³-hybridized carbons (Fsp3) is 0.419. The average Bonchev–Trinajstić information content (AvgIpc) is 3.29. The third kappa shape index (κ3) is 8.90. The van der Waals surface area contributed by atoms with Gasteiger partial charge in [0.1, 0.15) is 11.4 Å². The van der Waals surface area contributed by atoms with Crippen LogP contribution in [0.2, 0.25) is 0 Å². The highest BCUT2D eigenvalue weighted by atomic mass is 16.6. The van der Waals surface area contributed by atoms with E-state index in [9.17, 15) is 9.59 Å². The molecule has 0 unspecified atom stereocenters. The van der Waals surface area contributed by atoms with E-state index in [-0.39, 0.29) is 18.4 Å². The van der Waals surface area contributed by atoms with Gasteiger partial charge in [0.2, 0.25) is 5.91 Å². The zero-order valence-corrected chi connectivity index (χ0v) is 23.2. The summed E-state index contributed by atoms with van der Waals surface area (Å²) in [4.78, 5) is 27.6. The minimum atomic E-state index is -0.633. The zero-order valence-electron chi connectivity index (χ0n) is 23.2. The molecule has 37 heavy (non-hydrogen) atoms. The largest absolute Gasteiger partial charge is 0.468 e. The molecule has 0 aliphatic rings. The highest BCUT2D eigenvalue weighted by Crippen LogP contribution is 2.26. The molecule has 0 aliphatic heterocycles. The third-order valence-corrected chi connectivity index (χ3v) is 6.01. The van der Waals surface area contributed by atoms with Gasteiger partial charge >= 0.3 is 5.97 Å². The Hall–Kier alpha value is -3.38. The van der Waals surface area contributed by atoms with Crippen molar-refractivity contribution < 1.29 is 18.7 Å². The Morgan fingerprint density at radius 2 is 1.59 bits per heavy atom. The molecule has 0 aliphatic carbocycles. The smallest absolute Gasteiger partial charge is 0.312 e. The molecule has 1 N–H and O–H groups in total. The van der Waals surface area contributed by atoms with Gasteiger partial charge in [0.15, 0.2) is 0 Å². The number of rotatable bonds is 10. The van der Waals surface area contributed by atoms with Crippen LogP contribution in [0.25, 0.3) is 0 Å². The molecule has 6 nitrogen and oxygen atoms in total. The van der Waals surface area contributed by atoms with Crippen molar-refractivity contribution in [3.8, 4) is 0 Å². The Morgan fingerprint density at radius 1 is 0.919 bits per heavy atom. The molecule has 3 aromatic rings. The molecule has 0 saturated carbocycles. The number of aryl methyl sites for hydroxylation is 2. The first-order chi connectivity index (χ1) is 17.3. The molecule has 0 saturated heterocycles. The van der Waals surface area contributed by atoms with Crippen molar-refractivity contribution in [2.24, 2.45) is 5.41 Å². The third-order valence-electron chi connectivity index (χ3n) is 6.01. The molecule has 2 aromatic carbocycles. The van der Waals surface area contributed by atoms with Crippen LogP contribution in [0.5, 0.6) is 0 Å². The molecule has 0 bridgehead atoms. The van der Waals surface area contributed by atoms with E-state index in [0.717, 1.165) is 33.7 Å². The predicted octanol–water partition coefficient (Wildman–Crippen LogP) is 6.45. The molecular formula is C31H40N2O4. The normalized spacial score (nSPS) is 12.0. The first-order valence-electron chi connectivity index (χ1n) is 12.7. The molecule has 6 heteroatoms. The van der Waals surface area contributed by atoms with E-state index in [1.165, 1.54) is 0 Å². The van der Waals surface area contributed by atoms with Crippen molar-refractivity contribution in [1.82, 2.24) is 4.90 Å². The minimum absolute atomic E-state index is 0.0748. The van der Waals surface area contributed by atoms with Gasteiger partial charge in [-0.05, 0) is 89.8 Å². The Balaban J connectivity index is 1.67. The van der Waals surface area contributed by atoms with Gasteiger partial charge in [-0.3, -0.25) is 14.5 Å². The van der Waals surface area contributed by atoms with Crippen molar-refractivity contribution in [3.63, 3.8) is 0 Å². The monoisotopic (exact) mass is 504 g/mol. The van der Waals surface area contributed by atoms with Gasteiger partial charge in [-0.2, -0.15) is 0 Å². The van der Waals surface area contributed by atoms with E-state index in [0.29, 0.717) is 19.5 Å². The maximum absolute atomic E-state index is 12.9. The number of anilines is 1. The maximum atomic E-state index is 12.9. The Bertz CT molecular complexity index is 1190. The van der Waals surface area contributed by atoms with Crippen LogP contribution in [0.1, 0.15) is 62.6 Å². The van der Waals surface area contributed by atoms with Crippen LogP contribution < -0.4 is 5.32 Å². The number of esters is 1. The number of ether oxygens (including phenoxy) is 1. The Labute approximate surface area is 221 Å². The number of hydrogen-bond donors (Lipinski definition) is 1. The van der Waals surface area contributed by atoms with Crippen LogP contribution in [0.4, 0.5) is 5.69 Å². The minimum Gasteiger partial charge on any atom is -0.468 e. The second-order valence-corrected chi connectivity index (χ2v) is 11.5. The summed E-state index contributed by atoms with van der Waals surface area (Å²) in [5.41, 5.74) is 4.01. The fourth-order valence-electron chi connectivity index (χ4n) is 4.16. The molecule has 0 fully saturated rings. The summed E-state index contributed by atoms with van der Waals surface area (Å²) in [6.45, 7) is 14.8. The standard InChI is InChI=1S/C31H40N2O4/c1-22-10-15-27(23(2)17-22)32-28(34)21-33(20-26-9-8-16-36-26)19-25-13-11-24(12-14-25)18-31(6,7)29(35)37-30(3,4)5/h8-17H,18-21H2,1-7H3,(H,32,34). The molecule has 3 rings (SSSR count). The second-order valence-electron chi connectivity index (χ2n) is 11.5. The van der Waals surface area contributed by atoms with Gasteiger partial charge in [-0.1, -0.05) is 42.0 Å². The summed E-state index contributed by atoms with van der Waals surface area (Å²) in [6, 6.07) is 18.0. The van der Waals surface area contributed by atoms with Gasteiger partial charge in [-0.15, -0.1) is 0 Å². The van der Waals surface area contributed by atoms with E-state index >= 15 is 0 Å². The number of hydrogen-bond acceptors (Lipinski definition) is 5. The molecule has 0 atom stereocenters. The van der Waals surface area contributed by atoms with Crippen LogP contribution in [0.3, 0.4) is 0 Å². The van der Waals surface area contributed by atoms with E-state index in [4.69, 9.17) is 9.15 Å². The van der Waals surface area contributed by atoms with Crippen molar-refractivity contribution >= 4 is 17.6 Å². The lowest BCUT2D eigenvalue weighted by atomic mass is 9.85. The number of benzene rings is 2. The topological polar surface area (TPSA) is 71.8 Å². The zero-order chi connectivity index (χ0) is 27.2. The van der Waals surface area contributed by atoms with Crippen LogP contribution in [-0.2, 0) is 33.8 Å². The van der Waals surface area contributed by atoms with Gasteiger partial charge in [0.25, 0.3) is 0 Å². The molecule has 1 amide bonds. The van der Waals surface area contributed by atoms with Gasteiger partial charge in [0.05, 0.1) is 24.8 Å². The lowest BCUT2D eigenvalue weighted by Crippen LogP contribution is -2.35. The quantitative estimate of drug-likeness (QED) is 0.321. The number of nitrogens with zero attached hydrogens (tertiary/aromatic N) is 1. The van der Waals surface area contributed by atoms with Crippen LogP contribution in [-0.4, -0.2) is 28.9 Å². The highest BCUT2D eigenvalue weighted by molar-refractivity contribution is 5.93. The van der Waals surface area contributed by atoms with Gasteiger partial charge in [0, 0.05) is 12.2 Å². The SMILES string of the molecule is Cc1ccc(NC(=O)CN(Cc2ccc(CC(C)(C)C(=O)OC(C)(C)C)cc2)Cc2ccco2)c(C)c1. The van der Waals surface area contributed by atoms with Gasteiger partial charge in [-0.25, -0.2) is 0 Å². The summed E-state index contributed by atoms with van der Waals surface area (Å²) in [5, 5.41) is 3.04. The summed E-state index contributed by atoms with van der Waals surface area (Å²) in [6.07, 6.45) is 2.22. The first kappa shape index (κ1) is 28.2. The maximum Gasteiger partial charge on any atom is 0.312 e. The second kappa shape index (κ2) is 11.8. The summed E-state index contributed by atoms with van der Waals surface area (Å²) in [7, 11) is 0. The summed E-state index contributed by atoms with van der Waals surface area (Å²) < 4.78 is 11.1. The lowest BCUT2D eigenvalue weighted by Gasteiger charge is -2.28. The molecule has 1 aromatic heterocycles. The molecule has 0 radical (unpaired) electrons. The Kier molecular flexibility index (Phi) is 8.98. The highest BCUT2D eigenvalue weighted by Gasteiger charge is 2.32. The molecule has 1 heterocycles. The number of carbonyl (C=O) groups excluding carboxylic acids is 2. The van der Waals surface area contributed by atoms with Gasteiger partial charge < -0.3 is 14.5 Å². The molecule has 198 valence electrons. The fourth-order valence-corrected chi connectivity index (χ4v) is 4.16. The summed E-state index contributed by atoms with van der Waals surface area (Å²) >= 11 is 0. The van der Waals surface area contributed by atoms with E-state index in [1.54, 1.807) is 6.26 Å². The van der Waals surface area contributed by atoms with Crippen molar-refractivity contribution in [3.05, 3.63) is 88.9 Å². The first-order valence-corrected chi connectivity index (χ1v) is 12.7. The Morgan fingerprint density at radius 3 is 2.19 bits per heavy atom. The number of amides is 1. The van der Waals surface area contributed by atoms with Crippen molar-refractivity contribution in [1.29, 1.82) is 0 Å². The number of nitrogens with one attached hydrogen (secondary N) is 1. The van der Waals surface area contributed by atoms with Crippen molar-refractivity contribution in [2.75, 3.05) is 11.9 Å². The number of furan rings is 1. The van der Waals surface area contributed by atoms with E-state index in [2.05, 4.69) is 28.4 Å². The summed E-state index contributed by atoms with van der Waals surface area (Å²) in [5.74, 6) is 0.521. The molecular weight excluding hydrogens is 464 g/mol. The van der Waals surface area contributed by atoms with Crippen LogP contribution in [0, 0.1) is 19.3 Å². The average molecular weight is 505 g/mol. The number of carbonyl (C=O) groups is 2. The lowest BCUT2D eigenvalue weighted by molar-refractivity contribution is -0.165. The van der Waals surface area contributed by atoms with Crippen molar-refractivity contribution in [2.45, 2.75) is 73.6 Å². The van der Waals surface area contributed by atoms with E-state index in [1.807, 2.05) is 84.9 Å². The molecule has 0 spiro atoms.